The minimum absolute atomic E-state index is 0.184. The van der Waals surface area contributed by atoms with Gasteiger partial charge in [-0.25, -0.2) is 13.1 Å². The van der Waals surface area contributed by atoms with Crippen molar-refractivity contribution in [1.82, 2.24) is 10.0 Å². The molecule has 6 nitrogen and oxygen atoms in total. The molecule has 0 saturated heterocycles. The maximum absolute atomic E-state index is 12.2. The summed E-state index contributed by atoms with van der Waals surface area (Å²) >= 11 is 0. The van der Waals surface area contributed by atoms with Gasteiger partial charge < -0.3 is 14.5 Å². The highest BCUT2D eigenvalue weighted by molar-refractivity contribution is 7.89. The van der Waals surface area contributed by atoms with E-state index in [1.807, 2.05) is 6.92 Å². The number of ether oxygens (including phenoxy) is 1. The monoisotopic (exact) mass is 290 g/mol. The second-order valence-corrected chi connectivity index (χ2v) is 6.07. The molecule has 110 valence electrons. The van der Waals surface area contributed by atoms with E-state index in [2.05, 4.69) is 10.0 Å². The number of nitrogens with one attached hydrogen (secondary N) is 2. The number of hydrogen-bond donors (Lipinski definition) is 2. The fourth-order valence-corrected chi connectivity index (χ4v) is 3.17. The molecule has 1 aromatic heterocycles. The van der Waals surface area contributed by atoms with Crippen molar-refractivity contribution in [2.75, 3.05) is 20.3 Å². The van der Waals surface area contributed by atoms with E-state index >= 15 is 0 Å². The van der Waals surface area contributed by atoms with Crippen LogP contribution in [-0.4, -0.2) is 34.7 Å². The molecule has 1 aromatic rings. The molecule has 0 aromatic carbocycles. The van der Waals surface area contributed by atoms with Crippen molar-refractivity contribution in [2.24, 2.45) is 0 Å². The quantitative estimate of drug-likeness (QED) is 0.747. The second kappa shape index (κ2) is 7.04. The molecule has 0 fully saturated rings. The Hall–Kier alpha value is -0.890. The lowest BCUT2D eigenvalue weighted by molar-refractivity contribution is 0.180. The van der Waals surface area contributed by atoms with Gasteiger partial charge in [-0.05, 0) is 20.4 Å². The molecule has 19 heavy (non-hydrogen) atoms. The third-order valence-corrected chi connectivity index (χ3v) is 4.23. The van der Waals surface area contributed by atoms with Crippen molar-refractivity contribution in [3.8, 4) is 0 Å². The molecule has 0 aliphatic rings. The highest BCUT2D eigenvalue weighted by Gasteiger charge is 2.23. The van der Waals surface area contributed by atoms with Gasteiger partial charge >= 0.3 is 0 Å². The zero-order valence-corrected chi connectivity index (χ0v) is 12.6. The van der Waals surface area contributed by atoms with Gasteiger partial charge in [-0.2, -0.15) is 0 Å². The van der Waals surface area contributed by atoms with Crippen molar-refractivity contribution in [1.29, 1.82) is 0 Å². The topological polar surface area (TPSA) is 80.6 Å². The first kappa shape index (κ1) is 16.2. The van der Waals surface area contributed by atoms with Crippen molar-refractivity contribution in [2.45, 2.75) is 38.3 Å². The molecule has 0 spiro atoms. The van der Waals surface area contributed by atoms with Crippen LogP contribution in [0.4, 0.5) is 0 Å². The van der Waals surface area contributed by atoms with Gasteiger partial charge in [-0.1, -0.05) is 6.92 Å². The predicted octanol–water partition coefficient (Wildman–Crippen LogP) is 1.01. The normalized spacial score (nSPS) is 13.7. The Labute approximate surface area is 114 Å². The summed E-state index contributed by atoms with van der Waals surface area (Å²) < 4.78 is 37.3. The first-order valence-corrected chi connectivity index (χ1v) is 7.70. The number of rotatable bonds is 8. The van der Waals surface area contributed by atoms with E-state index in [4.69, 9.17) is 9.15 Å². The number of aryl methyl sites for hydroxylation is 1. The Morgan fingerprint density at radius 1 is 1.47 bits per heavy atom. The smallest absolute Gasteiger partial charge is 0.244 e. The summed E-state index contributed by atoms with van der Waals surface area (Å²) in [6, 6.07) is 1.27. The van der Waals surface area contributed by atoms with E-state index in [1.54, 1.807) is 19.9 Å². The molecule has 7 heteroatoms. The molecule has 0 radical (unpaired) electrons. The lowest BCUT2D eigenvalue weighted by atomic mass is 10.4. The summed E-state index contributed by atoms with van der Waals surface area (Å²) in [5.41, 5.74) is 0. The first-order chi connectivity index (χ1) is 8.90. The molecule has 0 saturated carbocycles. The molecule has 1 heterocycles. The average molecular weight is 290 g/mol. The van der Waals surface area contributed by atoms with Gasteiger partial charge in [-0.3, -0.25) is 0 Å². The molecule has 0 aliphatic heterocycles. The Morgan fingerprint density at radius 2 is 2.16 bits per heavy atom. The molecular formula is C12H22N2O4S. The first-order valence-electron chi connectivity index (χ1n) is 6.22. The van der Waals surface area contributed by atoms with Crippen LogP contribution >= 0.6 is 0 Å². The number of hydrogen-bond acceptors (Lipinski definition) is 5. The molecule has 1 rings (SSSR count). The van der Waals surface area contributed by atoms with E-state index in [0.717, 1.165) is 6.54 Å². The van der Waals surface area contributed by atoms with E-state index in [0.29, 0.717) is 24.7 Å². The molecule has 0 amide bonds. The summed E-state index contributed by atoms with van der Waals surface area (Å²) in [7, 11) is -2.04. The fraction of sp³-hybridized carbons (Fsp3) is 0.667. The minimum Gasteiger partial charge on any atom is -0.464 e. The lowest BCUT2D eigenvalue weighted by Gasteiger charge is -2.12. The predicted molar refractivity (Wildman–Crippen MR) is 72.5 cm³/mol. The summed E-state index contributed by atoms with van der Waals surface area (Å²) in [5.74, 6) is 1.00. The number of methoxy groups -OCH3 is 1. The summed E-state index contributed by atoms with van der Waals surface area (Å²) in [4.78, 5) is 0.184. The SMILES string of the molecule is CCNCc1cc(S(=O)(=O)NC(C)COC)c(C)o1. The fourth-order valence-electron chi connectivity index (χ4n) is 1.74. The van der Waals surface area contributed by atoms with Gasteiger partial charge in [-0.15, -0.1) is 0 Å². The van der Waals surface area contributed by atoms with E-state index in [1.165, 1.54) is 7.11 Å². The number of furan rings is 1. The van der Waals surface area contributed by atoms with Crippen LogP contribution in [0.5, 0.6) is 0 Å². The van der Waals surface area contributed by atoms with Crippen molar-refractivity contribution >= 4 is 10.0 Å². The molecule has 0 bridgehead atoms. The van der Waals surface area contributed by atoms with Gasteiger partial charge in [0.05, 0.1) is 13.2 Å². The Morgan fingerprint density at radius 3 is 2.74 bits per heavy atom. The lowest BCUT2D eigenvalue weighted by Crippen LogP contribution is -2.35. The summed E-state index contributed by atoms with van der Waals surface area (Å²) in [6.45, 7) is 6.99. The molecule has 1 atom stereocenters. The van der Waals surface area contributed by atoms with Crippen LogP contribution in [0.15, 0.2) is 15.4 Å². The van der Waals surface area contributed by atoms with Crippen LogP contribution in [0, 0.1) is 6.92 Å². The summed E-state index contributed by atoms with van der Waals surface area (Å²) in [6.07, 6.45) is 0. The minimum atomic E-state index is -3.57. The molecule has 2 N–H and O–H groups in total. The van der Waals surface area contributed by atoms with Gasteiger partial charge in [0.1, 0.15) is 16.4 Å². The average Bonchev–Trinajstić information content (AvgIpc) is 2.68. The standard InChI is InChI=1S/C12H22N2O4S/c1-5-13-7-11-6-12(10(3)18-11)19(15,16)14-9(2)8-17-4/h6,9,13-14H,5,7-8H2,1-4H3. The van der Waals surface area contributed by atoms with Crippen LogP contribution in [0.25, 0.3) is 0 Å². The molecule has 1 unspecified atom stereocenters. The van der Waals surface area contributed by atoms with E-state index < -0.39 is 10.0 Å². The highest BCUT2D eigenvalue weighted by Crippen LogP contribution is 2.20. The van der Waals surface area contributed by atoms with E-state index in [9.17, 15) is 8.42 Å². The Balaban J connectivity index is 2.85. The van der Waals surface area contributed by atoms with Crippen LogP contribution in [0.2, 0.25) is 0 Å². The van der Waals surface area contributed by atoms with Crippen molar-refractivity contribution < 1.29 is 17.6 Å². The van der Waals surface area contributed by atoms with Crippen molar-refractivity contribution in [3.63, 3.8) is 0 Å². The van der Waals surface area contributed by atoms with Gasteiger partial charge in [0.25, 0.3) is 0 Å². The van der Waals surface area contributed by atoms with Crippen LogP contribution in [0.3, 0.4) is 0 Å². The highest BCUT2D eigenvalue weighted by atomic mass is 32.2. The van der Waals surface area contributed by atoms with Crippen LogP contribution < -0.4 is 10.0 Å². The number of sulfonamides is 1. The zero-order valence-electron chi connectivity index (χ0n) is 11.8. The van der Waals surface area contributed by atoms with E-state index in [-0.39, 0.29) is 10.9 Å². The Kier molecular flexibility index (Phi) is 5.99. The third-order valence-electron chi connectivity index (χ3n) is 2.54. The molecular weight excluding hydrogens is 268 g/mol. The van der Waals surface area contributed by atoms with Crippen molar-refractivity contribution in [3.05, 3.63) is 17.6 Å². The second-order valence-electron chi connectivity index (χ2n) is 4.39. The molecule has 0 aliphatic carbocycles. The maximum Gasteiger partial charge on any atom is 0.244 e. The Bertz CT molecular complexity index is 496. The third kappa shape index (κ3) is 4.61. The zero-order chi connectivity index (χ0) is 14.5. The van der Waals surface area contributed by atoms with Gasteiger partial charge in [0, 0.05) is 19.2 Å². The van der Waals surface area contributed by atoms with Crippen LogP contribution in [-0.2, 0) is 21.3 Å². The van der Waals surface area contributed by atoms with Gasteiger partial charge in [0.15, 0.2) is 0 Å². The largest absolute Gasteiger partial charge is 0.464 e. The van der Waals surface area contributed by atoms with Crippen LogP contribution in [0.1, 0.15) is 25.4 Å². The maximum atomic E-state index is 12.2. The van der Waals surface area contributed by atoms with Gasteiger partial charge in [0.2, 0.25) is 10.0 Å². The summed E-state index contributed by atoms with van der Waals surface area (Å²) in [5, 5.41) is 3.09.